The molecule has 14 heteroatoms. The summed E-state index contributed by atoms with van der Waals surface area (Å²) in [6.45, 7) is 1.71. The molecule has 0 spiro atoms. The van der Waals surface area contributed by atoms with Gasteiger partial charge in [-0.1, -0.05) is 6.42 Å². The van der Waals surface area contributed by atoms with Crippen LogP contribution in [-0.4, -0.2) is 75.4 Å². The molecule has 1 rings (SSSR count). The lowest BCUT2D eigenvalue weighted by molar-refractivity contribution is -0.142. The molecule has 0 aliphatic heterocycles. The standard InChI is InChI=1S/C19H32N8O6/c1-10(19(32)33)25-17(30)13(6-11-8-23-9-24-11)27-18(31)14(7-15(22)28)26-16(29)12(21)4-2-3-5-20/h8-10,12-14H,2-7,20-21H2,1H3,(H2,22,28)(H,23,24)(H,25,30)(H,26,29)(H,27,31)(H,32,33). The van der Waals surface area contributed by atoms with Gasteiger partial charge in [0.1, 0.15) is 18.1 Å². The molecule has 4 unspecified atom stereocenters. The minimum atomic E-state index is -1.38. The molecule has 33 heavy (non-hydrogen) atoms. The summed E-state index contributed by atoms with van der Waals surface area (Å²) in [6.07, 6.45) is 3.81. The van der Waals surface area contributed by atoms with Gasteiger partial charge in [0.2, 0.25) is 23.6 Å². The quantitative estimate of drug-likeness (QED) is 0.121. The number of nitrogens with two attached hydrogens (primary N) is 3. The van der Waals surface area contributed by atoms with E-state index in [1.54, 1.807) is 0 Å². The number of aromatic amines is 1. The molecule has 0 aliphatic carbocycles. The SMILES string of the molecule is CC(NC(=O)C(Cc1cnc[nH]1)NC(=O)C(CC(N)=O)NC(=O)C(N)CCCCN)C(=O)O. The van der Waals surface area contributed by atoms with Gasteiger partial charge in [-0.15, -0.1) is 0 Å². The lowest BCUT2D eigenvalue weighted by Gasteiger charge is -2.24. The molecule has 0 radical (unpaired) electrons. The minimum absolute atomic E-state index is 0.0558. The van der Waals surface area contributed by atoms with Crippen molar-refractivity contribution in [2.24, 2.45) is 17.2 Å². The molecule has 14 nitrogen and oxygen atoms in total. The van der Waals surface area contributed by atoms with E-state index >= 15 is 0 Å². The molecule has 0 fully saturated rings. The van der Waals surface area contributed by atoms with Gasteiger partial charge in [0.25, 0.3) is 0 Å². The molecule has 4 amide bonds. The molecule has 1 aromatic heterocycles. The number of nitrogens with zero attached hydrogens (tertiary/aromatic N) is 1. The largest absolute Gasteiger partial charge is 0.480 e. The van der Waals surface area contributed by atoms with E-state index in [4.69, 9.17) is 22.3 Å². The van der Waals surface area contributed by atoms with Gasteiger partial charge in [0, 0.05) is 18.3 Å². The zero-order valence-electron chi connectivity index (χ0n) is 18.4. The second-order valence-corrected chi connectivity index (χ2v) is 7.53. The highest BCUT2D eigenvalue weighted by molar-refractivity contribution is 5.96. The van der Waals surface area contributed by atoms with Crippen LogP contribution in [0.3, 0.4) is 0 Å². The monoisotopic (exact) mass is 468 g/mol. The fourth-order valence-corrected chi connectivity index (χ4v) is 2.80. The zero-order valence-corrected chi connectivity index (χ0v) is 18.4. The van der Waals surface area contributed by atoms with Gasteiger partial charge in [0.15, 0.2) is 0 Å². The van der Waals surface area contributed by atoms with E-state index in [1.807, 2.05) is 0 Å². The van der Waals surface area contributed by atoms with Crippen LogP contribution in [0.1, 0.15) is 38.3 Å². The Bertz CT molecular complexity index is 815. The van der Waals surface area contributed by atoms with Crippen LogP contribution in [0.4, 0.5) is 0 Å². The van der Waals surface area contributed by atoms with Crippen LogP contribution in [0, 0.1) is 0 Å². The van der Waals surface area contributed by atoms with Gasteiger partial charge in [-0.25, -0.2) is 4.98 Å². The lowest BCUT2D eigenvalue weighted by Crippen LogP contribution is -2.58. The first-order chi connectivity index (χ1) is 15.5. The number of hydrogen-bond acceptors (Lipinski definition) is 8. The van der Waals surface area contributed by atoms with Crippen LogP contribution in [0.25, 0.3) is 0 Å². The fraction of sp³-hybridized carbons (Fsp3) is 0.579. The van der Waals surface area contributed by atoms with E-state index in [2.05, 4.69) is 25.9 Å². The third kappa shape index (κ3) is 10.1. The number of nitrogens with one attached hydrogen (secondary N) is 4. The summed E-state index contributed by atoms with van der Waals surface area (Å²) >= 11 is 0. The van der Waals surface area contributed by atoms with Crippen LogP contribution >= 0.6 is 0 Å². The number of amides is 4. The van der Waals surface area contributed by atoms with Crippen molar-refractivity contribution in [3.8, 4) is 0 Å². The Hall–Kier alpha value is -3.52. The van der Waals surface area contributed by atoms with Gasteiger partial charge in [-0.3, -0.25) is 24.0 Å². The van der Waals surface area contributed by atoms with E-state index in [1.165, 1.54) is 19.4 Å². The molecule has 0 bridgehead atoms. The Labute approximate surface area is 190 Å². The van der Waals surface area contributed by atoms with E-state index in [-0.39, 0.29) is 6.42 Å². The first-order valence-electron chi connectivity index (χ1n) is 10.4. The predicted molar refractivity (Wildman–Crippen MR) is 116 cm³/mol. The van der Waals surface area contributed by atoms with Crippen molar-refractivity contribution >= 4 is 29.6 Å². The Balaban J connectivity index is 2.94. The second kappa shape index (κ2) is 13.8. The van der Waals surface area contributed by atoms with Gasteiger partial charge >= 0.3 is 5.97 Å². The summed E-state index contributed by atoms with van der Waals surface area (Å²) in [5, 5.41) is 16.1. The number of hydrogen-bond donors (Lipinski definition) is 8. The van der Waals surface area contributed by atoms with Crippen LogP contribution in [0.5, 0.6) is 0 Å². The maximum Gasteiger partial charge on any atom is 0.325 e. The maximum atomic E-state index is 12.8. The third-order valence-electron chi connectivity index (χ3n) is 4.69. The molecule has 0 saturated heterocycles. The summed E-state index contributed by atoms with van der Waals surface area (Å²) in [7, 11) is 0. The Morgan fingerprint density at radius 3 is 2.24 bits per heavy atom. The van der Waals surface area contributed by atoms with Gasteiger partial charge in [-0.05, 0) is 26.3 Å². The maximum absolute atomic E-state index is 12.8. The number of carbonyl (C=O) groups excluding carboxylic acids is 4. The van der Waals surface area contributed by atoms with Crippen molar-refractivity contribution in [1.82, 2.24) is 25.9 Å². The van der Waals surface area contributed by atoms with Crippen molar-refractivity contribution in [2.75, 3.05) is 6.54 Å². The van der Waals surface area contributed by atoms with Crippen LogP contribution in [0.15, 0.2) is 12.5 Å². The Morgan fingerprint density at radius 2 is 1.70 bits per heavy atom. The van der Waals surface area contributed by atoms with Crippen molar-refractivity contribution in [1.29, 1.82) is 0 Å². The highest BCUT2D eigenvalue weighted by Gasteiger charge is 2.30. The molecular formula is C19H32N8O6. The second-order valence-electron chi connectivity index (χ2n) is 7.53. The molecule has 1 heterocycles. The Morgan fingerprint density at radius 1 is 1.06 bits per heavy atom. The average molecular weight is 469 g/mol. The normalized spacial score (nSPS) is 14.4. The van der Waals surface area contributed by atoms with Gasteiger partial charge in [-0.2, -0.15) is 0 Å². The summed E-state index contributed by atoms with van der Waals surface area (Å²) < 4.78 is 0. The number of primary amides is 1. The number of rotatable bonds is 15. The van der Waals surface area contributed by atoms with Crippen LogP contribution in [0.2, 0.25) is 0 Å². The van der Waals surface area contributed by atoms with Crippen LogP contribution < -0.4 is 33.2 Å². The zero-order chi connectivity index (χ0) is 25.0. The first-order valence-corrected chi connectivity index (χ1v) is 10.4. The summed E-state index contributed by atoms with van der Waals surface area (Å²) in [5.41, 5.74) is 16.9. The number of imidazole rings is 1. The fourth-order valence-electron chi connectivity index (χ4n) is 2.80. The molecule has 0 saturated carbocycles. The molecular weight excluding hydrogens is 436 g/mol. The molecule has 4 atom stereocenters. The number of carbonyl (C=O) groups is 5. The minimum Gasteiger partial charge on any atom is -0.480 e. The van der Waals surface area contributed by atoms with Crippen molar-refractivity contribution in [3.05, 3.63) is 18.2 Å². The van der Waals surface area contributed by atoms with Crippen molar-refractivity contribution < 1.29 is 29.1 Å². The average Bonchev–Trinajstić information content (AvgIpc) is 3.25. The highest BCUT2D eigenvalue weighted by atomic mass is 16.4. The highest BCUT2D eigenvalue weighted by Crippen LogP contribution is 2.04. The summed E-state index contributed by atoms with van der Waals surface area (Å²) in [5.74, 6) is -4.43. The topological polar surface area (TPSA) is 248 Å². The van der Waals surface area contributed by atoms with Gasteiger partial charge in [0.05, 0.1) is 18.8 Å². The smallest absolute Gasteiger partial charge is 0.325 e. The van der Waals surface area contributed by atoms with Crippen molar-refractivity contribution in [2.45, 2.75) is 63.2 Å². The van der Waals surface area contributed by atoms with E-state index in [0.29, 0.717) is 31.5 Å². The molecule has 0 aliphatic rings. The molecule has 1 aromatic rings. The number of unbranched alkanes of at least 4 members (excludes halogenated alkanes) is 1. The summed E-state index contributed by atoms with van der Waals surface area (Å²) in [6, 6.07) is -4.76. The number of carboxylic acid groups (broad SMARTS) is 1. The lowest BCUT2D eigenvalue weighted by atomic mass is 10.1. The number of carboxylic acids is 1. The van der Waals surface area contributed by atoms with E-state index in [9.17, 15) is 24.0 Å². The van der Waals surface area contributed by atoms with Crippen molar-refractivity contribution in [3.63, 3.8) is 0 Å². The van der Waals surface area contributed by atoms with Gasteiger partial charge < -0.3 is 43.2 Å². The molecule has 11 N–H and O–H groups in total. The molecule has 0 aromatic carbocycles. The number of aromatic nitrogens is 2. The predicted octanol–water partition coefficient (Wildman–Crippen LogP) is -3.16. The van der Waals surface area contributed by atoms with E-state index in [0.717, 1.165) is 0 Å². The number of aliphatic carboxylic acids is 1. The third-order valence-corrected chi connectivity index (χ3v) is 4.69. The number of H-pyrrole nitrogens is 1. The Kier molecular flexibility index (Phi) is 11.5. The first kappa shape index (κ1) is 27.5. The van der Waals surface area contributed by atoms with E-state index < -0.39 is 60.2 Å². The molecule has 184 valence electrons. The summed E-state index contributed by atoms with van der Waals surface area (Å²) in [4.78, 5) is 67.0. The van der Waals surface area contributed by atoms with Crippen LogP contribution in [-0.2, 0) is 30.4 Å².